The van der Waals surface area contributed by atoms with Crippen LogP contribution in [0.2, 0.25) is 0 Å². The molecule has 3 rings (SSSR count). The van der Waals surface area contributed by atoms with Gasteiger partial charge in [0.25, 0.3) is 5.91 Å². The predicted molar refractivity (Wildman–Crippen MR) is 115 cm³/mol. The van der Waals surface area contributed by atoms with Gasteiger partial charge in [-0.2, -0.15) is 0 Å². The first-order chi connectivity index (χ1) is 13.9. The molecular formula is C20H19N5O3S. The fraction of sp³-hybridized carbons (Fsp3) is 0.100. The Bertz CT molecular complexity index is 1060. The Kier molecular flexibility index (Phi) is 6.20. The molecule has 0 aliphatic rings. The number of carbonyl (C=O) groups is 3. The molecule has 0 unspecified atom stereocenters. The van der Waals surface area contributed by atoms with Gasteiger partial charge in [0.1, 0.15) is 5.69 Å². The molecule has 0 bridgehead atoms. The molecule has 0 spiro atoms. The summed E-state index contributed by atoms with van der Waals surface area (Å²) in [5, 5.41) is 12.5. The first kappa shape index (κ1) is 20.0. The van der Waals surface area contributed by atoms with Crippen molar-refractivity contribution in [3.05, 3.63) is 65.2 Å². The van der Waals surface area contributed by atoms with Crippen molar-refractivity contribution in [1.82, 2.24) is 4.98 Å². The smallest absolute Gasteiger partial charge is 0.325 e. The van der Waals surface area contributed by atoms with Gasteiger partial charge in [-0.25, -0.2) is 9.78 Å². The van der Waals surface area contributed by atoms with Crippen LogP contribution < -0.4 is 21.3 Å². The molecular weight excluding hydrogens is 390 g/mol. The highest BCUT2D eigenvalue weighted by Crippen LogP contribution is 2.19. The Morgan fingerprint density at radius 3 is 2.21 bits per heavy atom. The molecule has 0 atom stereocenters. The number of nitrogens with one attached hydrogen (secondary N) is 4. The third-order valence-corrected chi connectivity index (χ3v) is 4.43. The largest absolute Gasteiger partial charge is 0.326 e. The third kappa shape index (κ3) is 5.88. The fourth-order valence-corrected chi connectivity index (χ4v) is 3.18. The number of aryl methyl sites for hydroxylation is 1. The molecule has 0 fully saturated rings. The lowest BCUT2D eigenvalue weighted by Crippen LogP contribution is -2.19. The summed E-state index contributed by atoms with van der Waals surface area (Å²) < 4.78 is 0. The lowest BCUT2D eigenvalue weighted by atomic mass is 10.2. The first-order valence-electron chi connectivity index (χ1n) is 8.68. The predicted octanol–water partition coefficient (Wildman–Crippen LogP) is 4.31. The van der Waals surface area contributed by atoms with Crippen LogP contribution in [0.15, 0.2) is 53.9 Å². The van der Waals surface area contributed by atoms with Crippen molar-refractivity contribution in [3.8, 4) is 0 Å². The highest BCUT2D eigenvalue weighted by atomic mass is 32.1. The Balaban J connectivity index is 1.59. The third-order valence-electron chi connectivity index (χ3n) is 3.67. The van der Waals surface area contributed by atoms with E-state index in [1.165, 1.54) is 6.92 Å². The summed E-state index contributed by atoms with van der Waals surface area (Å²) in [6.07, 6.45) is 0. The van der Waals surface area contributed by atoms with Gasteiger partial charge in [0.15, 0.2) is 5.13 Å². The van der Waals surface area contributed by atoms with Crippen molar-refractivity contribution in [1.29, 1.82) is 0 Å². The normalized spacial score (nSPS) is 10.1. The van der Waals surface area contributed by atoms with E-state index in [0.29, 0.717) is 22.2 Å². The number of anilines is 4. The van der Waals surface area contributed by atoms with E-state index in [0.717, 1.165) is 16.9 Å². The van der Waals surface area contributed by atoms with Crippen molar-refractivity contribution in [3.63, 3.8) is 0 Å². The molecule has 0 saturated carbocycles. The quantitative estimate of drug-likeness (QED) is 0.503. The Morgan fingerprint density at radius 2 is 1.52 bits per heavy atom. The zero-order valence-electron chi connectivity index (χ0n) is 15.8. The van der Waals surface area contributed by atoms with E-state index in [-0.39, 0.29) is 11.6 Å². The maximum atomic E-state index is 12.4. The monoisotopic (exact) mass is 409 g/mol. The zero-order chi connectivity index (χ0) is 20.8. The van der Waals surface area contributed by atoms with Crippen LogP contribution in [-0.4, -0.2) is 22.8 Å². The SMILES string of the molecule is CC(=O)Nc1cccc(NC(=O)c2csc(NC(=O)Nc3cccc(C)c3)n2)c1. The van der Waals surface area contributed by atoms with Crippen LogP contribution in [0.1, 0.15) is 23.0 Å². The van der Waals surface area contributed by atoms with Crippen LogP contribution in [0.5, 0.6) is 0 Å². The topological polar surface area (TPSA) is 112 Å². The number of hydrogen-bond donors (Lipinski definition) is 4. The van der Waals surface area contributed by atoms with Gasteiger partial charge in [0.2, 0.25) is 5.91 Å². The molecule has 1 heterocycles. The number of aromatic nitrogens is 1. The second-order valence-corrected chi connectivity index (χ2v) is 7.06. The number of hydrogen-bond acceptors (Lipinski definition) is 5. The van der Waals surface area contributed by atoms with E-state index in [9.17, 15) is 14.4 Å². The molecule has 9 heteroatoms. The van der Waals surface area contributed by atoms with Crippen molar-refractivity contribution in [2.75, 3.05) is 21.3 Å². The molecule has 1 aromatic heterocycles. The lowest BCUT2D eigenvalue weighted by Gasteiger charge is -2.07. The van der Waals surface area contributed by atoms with E-state index in [2.05, 4.69) is 26.3 Å². The van der Waals surface area contributed by atoms with Gasteiger partial charge in [-0.05, 0) is 42.8 Å². The molecule has 29 heavy (non-hydrogen) atoms. The van der Waals surface area contributed by atoms with E-state index < -0.39 is 11.9 Å². The minimum Gasteiger partial charge on any atom is -0.326 e. The Hall–Kier alpha value is -3.72. The van der Waals surface area contributed by atoms with Crippen LogP contribution in [0.3, 0.4) is 0 Å². The molecule has 8 nitrogen and oxygen atoms in total. The highest BCUT2D eigenvalue weighted by molar-refractivity contribution is 7.14. The summed E-state index contributed by atoms with van der Waals surface area (Å²) in [6.45, 7) is 3.34. The molecule has 0 radical (unpaired) electrons. The van der Waals surface area contributed by atoms with Crippen molar-refractivity contribution >= 4 is 51.4 Å². The summed E-state index contributed by atoms with van der Waals surface area (Å²) in [5.74, 6) is -0.624. The Morgan fingerprint density at radius 1 is 0.862 bits per heavy atom. The number of benzene rings is 2. The van der Waals surface area contributed by atoms with Gasteiger partial charge >= 0.3 is 6.03 Å². The summed E-state index contributed by atoms with van der Waals surface area (Å²) >= 11 is 1.14. The van der Waals surface area contributed by atoms with E-state index in [1.54, 1.807) is 35.7 Å². The molecule has 0 aliphatic heterocycles. The first-order valence-corrected chi connectivity index (χ1v) is 9.56. The number of carbonyl (C=O) groups excluding carboxylic acids is 3. The highest BCUT2D eigenvalue weighted by Gasteiger charge is 2.13. The van der Waals surface area contributed by atoms with E-state index >= 15 is 0 Å². The van der Waals surface area contributed by atoms with Gasteiger partial charge in [-0.1, -0.05) is 18.2 Å². The Labute approximate surface area is 171 Å². The standard InChI is InChI=1S/C20H19N5O3S/c1-12-5-3-6-14(9-12)23-19(28)25-20-24-17(11-29-20)18(27)22-16-8-4-7-15(10-16)21-13(2)26/h3-11H,1-2H3,(H,21,26)(H,22,27)(H2,23,24,25,28). The van der Waals surface area contributed by atoms with E-state index in [4.69, 9.17) is 0 Å². The molecule has 2 aromatic carbocycles. The minimum absolute atomic E-state index is 0.172. The van der Waals surface area contributed by atoms with Crippen LogP contribution in [0.4, 0.5) is 27.0 Å². The van der Waals surface area contributed by atoms with Crippen LogP contribution >= 0.6 is 11.3 Å². The lowest BCUT2D eigenvalue weighted by molar-refractivity contribution is -0.114. The average Bonchev–Trinajstić information content (AvgIpc) is 3.10. The summed E-state index contributed by atoms with van der Waals surface area (Å²) in [4.78, 5) is 39.8. The number of thiazole rings is 1. The molecule has 148 valence electrons. The number of urea groups is 1. The molecule has 0 aliphatic carbocycles. The van der Waals surface area contributed by atoms with Crippen LogP contribution in [0.25, 0.3) is 0 Å². The zero-order valence-corrected chi connectivity index (χ0v) is 16.6. The number of rotatable bonds is 5. The summed E-state index contributed by atoms with van der Waals surface area (Å²) in [5.41, 5.74) is 2.95. The van der Waals surface area contributed by atoms with Crippen molar-refractivity contribution < 1.29 is 14.4 Å². The molecule has 3 aromatic rings. The van der Waals surface area contributed by atoms with Gasteiger partial charge in [0.05, 0.1) is 0 Å². The van der Waals surface area contributed by atoms with Gasteiger partial charge in [0, 0.05) is 29.4 Å². The van der Waals surface area contributed by atoms with Crippen molar-refractivity contribution in [2.45, 2.75) is 13.8 Å². The summed E-state index contributed by atoms with van der Waals surface area (Å²) in [6, 6.07) is 13.7. The van der Waals surface area contributed by atoms with Gasteiger partial charge < -0.3 is 16.0 Å². The molecule has 4 amide bonds. The molecule has 0 saturated heterocycles. The van der Waals surface area contributed by atoms with Crippen LogP contribution in [0, 0.1) is 6.92 Å². The number of amides is 4. The summed E-state index contributed by atoms with van der Waals surface area (Å²) in [7, 11) is 0. The molecule has 4 N–H and O–H groups in total. The second kappa shape index (κ2) is 8.98. The van der Waals surface area contributed by atoms with Crippen molar-refractivity contribution in [2.24, 2.45) is 0 Å². The second-order valence-electron chi connectivity index (χ2n) is 6.20. The van der Waals surface area contributed by atoms with Gasteiger partial charge in [-0.3, -0.25) is 14.9 Å². The maximum absolute atomic E-state index is 12.4. The fourth-order valence-electron chi connectivity index (χ4n) is 2.49. The number of nitrogens with zero attached hydrogens (tertiary/aromatic N) is 1. The minimum atomic E-state index is -0.445. The van der Waals surface area contributed by atoms with E-state index in [1.807, 2.05) is 25.1 Å². The maximum Gasteiger partial charge on any atom is 0.325 e. The van der Waals surface area contributed by atoms with Gasteiger partial charge in [-0.15, -0.1) is 11.3 Å². The van der Waals surface area contributed by atoms with Crippen LogP contribution in [-0.2, 0) is 4.79 Å². The average molecular weight is 409 g/mol.